The average Bonchev–Trinajstić information content (AvgIpc) is 3.01. The van der Waals surface area contributed by atoms with E-state index in [4.69, 9.17) is 4.18 Å². The van der Waals surface area contributed by atoms with Crippen molar-refractivity contribution in [1.82, 2.24) is 0 Å². The van der Waals surface area contributed by atoms with E-state index in [0.29, 0.717) is 22.1 Å². The lowest BCUT2D eigenvalue weighted by atomic mass is 9.73. The maximum atomic E-state index is 13.6. The summed E-state index contributed by atoms with van der Waals surface area (Å²) in [5.74, 6) is -0.419. The van der Waals surface area contributed by atoms with Crippen LogP contribution in [0.4, 0.5) is 30.2 Å². The highest BCUT2D eigenvalue weighted by molar-refractivity contribution is 7.88. The molecule has 0 fully saturated rings. The number of hydrogen-bond acceptors (Lipinski definition) is 4. The van der Waals surface area contributed by atoms with Crippen LogP contribution in [0.3, 0.4) is 0 Å². The lowest BCUT2D eigenvalue weighted by Gasteiger charge is -2.42. The first-order valence-corrected chi connectivity index (χ1v) is 15.4. The monoisotopic (exact) mass is 609 g/mol. The molecule has 0 N–H and O–H groups in total. The lowest BCUT2D eigenvalue weighted by molar-refractivity contribution is -0.0499. The van der Waals surface area contributed by atoms with Gasteiger partial charge in [-0.15, -0.1) is 0 Å². The summed E-state index contributed by atoms with van der Waals surface area (Å²) in [6, 6.07) is 38.0. The number of hydrogen-bond donors (Lipinski definition) is 0. The molecule has 1 heterocycles. The van der Waals surface area contributed by atoms with Gasteiger partial charge in [-0.05, 0) is 62.7 Å². The Hall–Kier alpha value is -4.82. The summed E-state index contributed by atoms with van der Waals surface area (Å²) in [5, 5.41) is 3.44. The number of anilines is 3. The summed E-state index contributed by atoms with van der Waals surface area (Å²) < 4.78 is 70.5. The second-order valence-corrected chi connectivity index (χ2v) is 12.9. The van der Waals surface area contributed by atoms with E-state index in [1.165, 1.54) is 6.07 Å². The topological polar surface area (TPSA) is 46.6 Å². The van der Waals surface area contributed by atoms with Gasteiger partial charge in [-0.2, -0.15) is 21.6 Å². The standard InChI is InChI=1S/C36H26F3NO3S/c1-35(2)29-13-7-8-14-31(29)40(32-22-27(17-19-30(32)35)26-16-15-23-9-3-4-11-25(23)21-26)34-28-12-6-5-10-24(28)18-20-33(34)43-44(41,42)36(37,38)39/h3-22H,1-2H3. The van der Waals surface area contributed by atoms with Crippen LogP contribution in [0.25, 0.3) is 32.7 Å². The van der Waals surface area contributed by atoms with Crippen molar-refractivity contribution in [3.05, 3.63) is 132 Å². The molecule has 6 aromatic carbocycles. The third-order valence-corrected chi connectivity index (χ3v) is 9.35. The first kappa shape index (κ1) is 28.0. The number of rotatable bonds is 4. The zero-order valence-electron chi connectivity index (χ0n) is 23.8. The van der Waals surface area contributed by atoms with Gasteiger partial charge in [0.2, 0.25) is 0 Å². The fourth-order valence-corrected chi connectivity index (χ4v) is 6.67. The molecule has 220 valence electrons. The van der Waals surface area contributed by atoms with Gasteiger partial charge in [-0.25, -0.2) is 0 Å². The van der Waals surface area contributed by atoms with Crippen molar-refractivity contribution in [2.75, 3.05) is 4.90 Å². The molecule has 44 heavy (non-hydrogen) atoms. The van der Waals surface area contributed by atoms with Crippen LogP contribution >= 0.6 is 0 Å². The van der Waals surface area contributed by atoms with E-state index >= 15 is 0 Å². The Morgan fingerprint density at radius 1 is 0.636 bits per heavy atom. The number of para-hydroxylation sites is 1. The molecule has 1 aliphatic heterocycles. The van der Waals surface area contributed by atoms with E-state index in [0.717, 1.165) is 33.0 Å². The van der Waals surface area contributed by atoms with Crippen LogP contribution in [-0.2, 0) is 15.5 Å². The molecule has 0 aliphatic carbocycles. The average molecular weight is 610 g/mol. The molecule has 0 amide bonds. The van der Waals surface area contributed by atoms with Crippen molar-refractivity contribution in [2.45, 2.75) is 24.8 Å². The molecular weight excluding hydrogens is 583 g/mol. The van der Waals surface area contributed by atoms with Crippen molar-refractivity contribution < 1.29 is 25.8 Å². The fraction of sp³-hybridized carbons (Fsp3) is 0.111. The number of benzene rings is 6. The predicted molar refractivity (Wildman–Crippen MR) is 169 cm³/mol. The van der Waals surface area contributed by atoms with Crippen LogP contribution in [0.15, 0.2) is 121 Å². The largest absolute Gasteiger partial charge is 0.534 e. The van der Waals surface area contributed by atoms with E-state index < -0.39 is 26.8 Å². The molecule has 6 aromatic rings. The van der Waals surface area contributed by atoms with Gasteiger partial charge in [0.1, 0.15) is 0 Å². The molecule has 4 nitrogen and oxygen atoms in total. The summed E-state index contributed by atoms with van der Waals surface area (Å²) >= 11 is 0. The van der Waals surface area contributed by atoms with Gasteiger partial charge in [-0.3, -0.25) is 0 Å². The molecule has 0 radical (unpaired) electrons. The number of halogens is 3. The lowest BCUT2D eigenvalue weighted by Crippen LogP contribution is -2.32. The molecular formula is C36H26F3NO3S. The van der Waals surface area contributed by atoms with Gasteiger partial charge in [-0.1, -0.05) is 111 Å². The van der Waals surface area contributed by atoms with Crippen LogP contribution in [0, 0.1) is 0 Å². The van der Waals surface area contributed by atoms with Gasteiger partial charge in [0.15, 0.2) is 5.75 Å². The minimum atomic E-state index is -5.96. The van der Waals surface area contributed by atoms with E-state index in [2.05, 4.69) is 26.0 Å². The summed E-state index contributed by atoms with van der Waals surface area (Å²) in [6.45, 7) is 4.21. The Bertz CT molecular complexity index is 2210. The third kappa shape index (κ3) is 4.40. The minimum absolute atomic E-state index is 0.204. The molecule has 8 heteroatoms. The molecule has 0 atom stereocenters. The van der Waals surface area contributed by atoms with Crippen molar-refractivity contribution in [1.29, 1.82) is 0 Å². The zero-order chi connectivity index (χ0) is 30.9. The molecule has 1 aliphatic rings. The summed E-state index contributed by atoms with van der Waals surface area (Å²) in [6.07, 6.45) is 0. The highest BCUT2D eigenvalue weighted by atomic mass is 32.2. The Morgan fingerprint density at radius 2 is 1.23 bits per heavy atom. The van der Waals surface area contributed by atoms with Gasteiger partial charge >= 0.3 is 15.6 Å². The Labute approximate surface area is 253 Å². The van der Waals surface area contributed by atoms with Crippen molar-refractivity contribution in [3.63, 3.8) is 0 Å². The Kier molecular flexibility index (Phi) is 6.27. The van der Waals surface area contributed by atoms with E-state index in [9.17, 15) is 21.6 Å². The smallest absolute Gasteiger partial charge is 0.374 e. The maximum Gasteiger partial charge on any atom is 0.534 e. The normalized spacial score (nSPS) is 14.3. The highest BCUT2D eigenvalue weighted by Gasteiger charge is 2.49. The summed E-state index contributed by atoms with van der Waals surface area (Å²) in [5.41, 5.74) is -0.710. The van der Waals surface area contributed by atoms with Gasteiger partial charge in [0.25, 0.3) is 0 Å². The molecule has 0 saturated carbocycles. The number of nitrogens with zero attached hydrogens (tertiary/aromatic N) is 1. The number of alkyl halides is 3. The molecule has 0 saturated heterocycles. The Balaban J connectivity index is 1.53. The predicted octanol–water partition coefficient (Wildman–Crippen LogP) is 10.00. The zero-order valence-corrected chi connectivity index (χ0v) is 24.6. The van der Waals surface area contributed by atoms with Crippen LogP contribution in [0.2, 0.25) is 0 Å². The fourth-order valence-electron chi connectivity index (χ4n) is 6.20. The number of fused-ring (bicyclic) bond motifs is 4. The third-order valence-electron chi connectivity index (χ3n) is 8.38. The minimum Gasteiger partial charge on any atom is -0.374 e. The second-order valence-electron chi connectivity index (χ2n) is 11.4. The molecule has 0 aromatic heterocycles. The highest BCUT2D eigenvalue weighted by Crippen LogP contribution is 2.56. The van der Waals surface area contributed by atoms with Crippen molar-refractivity contribution in [3.8, 4) is 16.9 Å². The summed E-state index contributed by atoms with van der Waals surface area (Å²) in [4.78, 5) is 1.84. The van der Waals surface area contributed by atoms with E-state index in [1.807, 2.05) is 89.8 Å². The van der Waals surface area contributed by atoms with Gasteiger partial charge in [0, 0.05) is 10.8 Å². The SMILES string of the molecule is CC1(C)c2ccccc2N(c2c(OS(=O)(=O)C(F)(F)F)ccc3ccccc23)c2cc(-c3ccc4ccccc4c3)ccc21. The molecule has 7 rings (SSSR count). The first-order chi connectivity index (χ1) is 21.0. The Morgan fingerprint density at radius 3 is 2.00 bits per heavy atom. The quantitative estimate of drug-likeness (QED) is 0.147. The first-order valence-electron chi connectivity index (χ1n) is 14.0. The van der Waals surface area contributed by atoms with Crippen LogP contribution in [0.5, 0.6) is 5.75 Å². The van der Waals surface area contributed by atoms with Crippen LogP contribution in [-0.4, -0.2) is 13.9 Å². The second kappa shape index (κ2) is 9.86. The van der Waals surface area contributed by atoms with E-state index in [-0.39, 0.29) is 5.69 Å². The molecule has 0 spiro atoms. The maximum absolute atomic E-state index is 13.6. The summed E-state index contributed by atoms with van der Waals surface area (Å²) in [7, 11) is -5.96. The van der Waals surface area contributed by atoms with Crippen LogP contribution in [0.1, 0.15) is 25.0 Å². The van der Waals surface area contributed by atoms with Gasteiger partial charge < -0.3 is 9.08 Å². The molecule has 0 unspecified atom stereocenters. The van der Waals surface area contributed by atoms with Crippen LogP contribution < -0.4 is 9.08 Å². The van der Waals surface area contributed by atoms with Gasteiger partial charge in [0.05, 0.1) is 17.1 Å². The van der Waals surface area contributed by atoms with Crippen molar-refractivity contribution >= 4 is 48.7 Å². The van der Waals surface area contributed by atoms with Crippen molar-refractivity contribution in [2.24, 2.45) is 0 Å². The molecule has 0 bridgehead atoms. The van der Waals surface area contributed by atoms with E-state index in [1.54, 1.807) is 18.2 Å².